The quantitative estimate of drug-likeness (QED) is 0.825. The van der Waals surface area contributed by atoms with Crippen LogP contribution < -0.4 is 10.6 Å². The minimum absolute atomic E-state index is 0.139. The number of carbonyl (C=O) groups is 1. The third kappa shape index (κ3) is 4.70. The van der Waals surface area contributed by atoms with Gasteiger partial charge in [-0.2, -0.15) is 0 Å². The van der Waals surface area contributed by atoms with Gasteiger partial charge in [-0.05, 0) is 30.8 Å². The van der Waals surface area contributed by atoms with Gasteiger partial charge in [0.05, 0.1) is 5.52 Å². The topological polar surface area (TPSA) is 57.3 Å². The average Bonchev–Trinajstić information content (AvgIpc) is 2.56. The van der Waals surface area contributed by atoms with Gasteiger partial charge in [-0.1, -0.05) is 32.0 Å². The summed E-state index contributed by atoms with van der Waals surface area (Å²) in [4.78, 5) is 18.4. The van der Waals surface area contributed by atoms with Crippen LogP contribution in [0.5, 0.6) is 0 Å². The van der Waals surface area contributed by atoms with E-state index in [1.54, 1.807) is 6.20 Å². The van der Waals surface area contributed by atoms with Gasteiger partial charge in [0.15, 0.2) is 0 Å². The van der Waals surface area contributed by atoms with Crippen LogP contribution in [0.4, 0.5) is 4.79 Å². The van der Waals surface area contributed by atoms with Crippen molar-refractivity contribution in [2.75, 3.05) is 26.2 Å². The summed E-state index contributed by atoms with van der Waals surface area (Å²) in [5, 5.41) is 6.83. The molecule has 0 unspecified atom stereocenters. The maximum Gasteiger partial charge on any atom is 0.315 e. The zero-order chi connectivity index (χ0) is 15.8. The van der Waals surface area contributed by atoms with Gasteiger partial charge in [0.1, 0.15) is 0 Å². The molecule has 0 fully saturated rings. The molecule has 1 heterocycles. The van der Waals surface area contributed by atoms with E-state index in [0.717, 1.165) is 36.1 Å². The Kier molecular flexibility index (Phi) is 6.15. The Morgan fingerprint density at radius 3 is 2.73 bits per heavy atom. The molecule has 22 heavy (non-hydrogen) atoms. The van der Waals surface area contributed by atoms with Crippen molar-refractivity contribution in [3.63, 3.8) is 0 Å². The van der Waals surface area contributed by atoms with Gasteiger partial charge < -0.3 is 15.5 Å². The zero-order valence-corrected chi connectivity index (χ0v) is 13.3. The Bertz CT molecular complexity index is 610. The first-order chi connectivity index (χ1) is 10.7. The largest absolute Gasteiger partial charge is 0.337 e. The van der Waals surface area contributed by atoms with Crippen LogP contribution in [0.3, 0.4) is 0 Å². The molecule has 0 spiro atoms. The number of rotatable bonds is 7. The summed E-state index contributed by atoms with van der Waals surface area (Å²) in [5.41, 5.74) is 1.97. The van der Waals surface area contributed by atoms with Crippen molar-refractivity contribution in [2.24, 2.45) is 0 Å². The highest BCUT2D eigenvalue weighted by molar-refractivity contribution is 5.79. The first-order valence-electron chi connectivity index (χ1n) is 7.80. The number of fused-ring (bicyclic) bond motifs is 1. The lowest BCUT2D eigenvalue weighted by Gasteiger charge is -2.18. The SMILES string of the molecule is CCN(CC)CCNC(=O)NCc1cnc2ccccc2c1. The minimum atomic E-state index is -0.139. The van der Waals surface area contributed by atoms with Gasteiger partial charge in [-0.15, -0.1) is 0 Å². The van der Waals surface area contributed by atoms with Gasteiger partial charge in [0, 0.05) is 31.2 Å². The molecule has 0 atom stereocenters. The Hall–Kier alpha value is -2.14. The minimum Gasteiger partial charge on any atom is -0.337 e. The molecule has 0 aliphatic rings. The lowest BCUT2D eigenvalue weighted by Crippen LogP contribution is -2.40. The molecule has 2 amide bonds. The third-order valence-electron chi connectivity index (χ3n) is 3.71. The van der Waals surface area contributed by atoms with Crippen LogP contribution in [0.1, 0.15) is 19.4 Å². The number of nitrogens with zero attached hydrogens (tertiary/aromatic N) is 2. The monoisotopic (exact) mass is 300 g/mol. The predicted octanol–water partition coefficient (Wildman–Crippen LogP) is 2.38. The molecule has 2 rings (SSSR count). The van der Waals surface area contributed by atoms with E-state index in [4.69, 9.17) is 0 Å². The predicted molar refractivity (Wildman–Crippen MR) is 89.8 cm³/mol. The molecule has 2 aromatic rings. The van der Waals surface area contributed by atoms with Gasteiger partial charge in [-0.25, -0.2) is 4.79 Å². The van der Waals surface area contributed by atoms with Crippen molar-refractivity contribution >= 4 is 16.9 Å². The molecular formula is C17H24N4O. The summed E-state index contributed by atoms with van der Waals surface area (Å²) in [6, 6.07) is 9.87. The third-order valence-corrected chi connectivity index (χ3v) is 3.71. The zero-order valence-electron chi connectivity index (χ0n) is 13.3. The summed E-state index contributed by atoms with van der Waals surface area (Å²) in [6.07, 6.45) is 1.80. The highest BCUT2D eigenvalue weighted by Gasteiger charge is 2.03. The van der Waals surface area contributed by atoms with Crippen LogP contribution >= 0.6 is 0 Å². The van der Waals surface area contributed by atoms with Crippen molar-refractivity contribution in [3.05, 3.63) is 42.1 Å². The van der Waals surface area contributed by atoms with E-state index in [1.165, 1.54) is 0 Å². The van der Waals surface area contributed by atoms with E-state index in [1.807, 2.05) is 24.3 Å². The second-order valence-electron chi connectivity index (χ2n) is 5.17. The Morgan fingerprint density at radius 2 is 1.95 bits per heavy atom. The fourth-order valence-electron chi connectivity index (χ4n) is 2.33. The number of benzene rings is 1. The molecule has 1 aromatic carbocycles. The molecular weight excluding hydrogens is 276 g/mol. The van der Waals surface area contributed by atoms with Crippen molar-refractivity contribution in [1.82, 2.24) is 20.5 Å². The number of hydrogen-bond donors (Lipinski definition) is 2. The molecule has 0 saturated carbocycles. The molecule has 118 valence electrons. The highest BCUT2D eigenvalue weighted by atomic mass is 16.2. The van der Waals surface area contributed by atoms with Crippen LogP contribution in [0.2, 0.25) is 0 Å². The Morgan fingerprint density at radius 1 is 1.18 bits per heavy atom. The van der Waals surface area contributed by atoms with Gasteiger partial charge in [-0.3, -0.25) is 4.98 Å². The summed E-state index contributed by atoms with van der Waals surface area (Å²) < 4.78 is 0. The Balaban J connectivity index is 1.77. The highest BCUT2D eigenvalue weighted by Crippen LogP contribution is 2.12. The van der Waals surface area contributed by atoms with Crippen molar-refractivity contribution in [2.45, 2.75) is 20.4 Å². The van der Waals surface area contributed by atoms with Crippen LogP contribution in [-0.2, 0) is 6.54 Å². The van der Waals surface area contributed by atoms with Crippen LogP contribution in [0.25, 0.3) is 10.9 Å². The van der Waals surface area contributed by atoms with Gasteiger partial charge >= 0.3 is 6.03 Å². The number of carbonyl (C=O) groups excluding carboxylic acids is 1. The van der Waals surface area contributed by atoms with Crippen LogP contribution in [0, 0.1) is 0 Å². The molecule has 0 saturated heterocycles. The second kappa shape index (κ2) is 8.34. The molecule has 1 aromatic heterocycles. The van der Waals surface area contributed by atoms with Crippen LogP contribution in [-0.4, -0.2) is 42.1 Å². The number of hydrogen-bond acceptors (Lipinski definition) is 3. The van der Waals surface area contributed by atoms with E-state index in [0.29, 0.717) is 13.1 Å². The normalized spacial score (nSPS) is 10.9. The summed E-state index contributed by atoms with van der Waals surface area (Å²) >= 11 is 0. The summed E-state index contributed by atoms with van der Waals surface area (Å²) in [6.45, 7) is 8.26. The van der Waals surface area contributed by atoms with Gasteiger partial charge in [0.25, 0.3) is 0 Å². The Labute approximate surface area is 131 Å². The lowest BCUT2D eigenvalue weighted by molar-refractivity contribution is 0.236. The van der Waals surface area contributed by atoms with E-state index in [9.17, 15) is 4.79 Å². The standard InChI is InChI=1S/C17H24N4O/c1-3-21(4-2)10-9-18-17(22)20-13-14-11-15-7-5-6-8-16(15)19-12-14/h5-8,11-12H,3-4,9-10,13H2,1-2H3,(H2,18,20,22). The number of para-hydroxylation sites is 1. The molecule has 0 aliphatic carbocycles. The first-order valence-corrected chi connectivity index (χ1v) is 7.80. The average molecular weight is 300 g/mol. The number of pyridine rings is 1. The molecule has 5 heteroatoms. The smallest absolute Gasteiger partial charge is 0.315 e. The molecule has 5 nitrogen and oxygen atoms in total. The molecule has 0 aliphatic heterocycles. The van der Waals surface area contributed by atoms with E-state index in [-0.39, 0.29) is 6.03 Å². The maximum absolute atomic E-state index is 11.8. The fraction of sp³-hybridized carbons (Fsp3) is 0.412. The maximum atomic E-state index is 11.8. The lowest BCUT2D eigenvalue weighted by atomic mass is 10.1. The van der Waals surface area contributed by atoms with Crippen LogP contribution in [0.15, 0.2) is 36.5 Å². The second-order valence-corrected chi connectivity index (χ2v) is 5.17. The number of urea groups is 1. The number of amides is 2. The summed E-state index contributed by atoms with van der Waals surface area (Å²) in [5.74, 6) is 0. The first kappa shape index (κ1) is 16.2. The molecule has 0 bridgehead atoms. The van der Waals surface area contributed by atoms with Crippen molar-refractivity contribution in [3.8, 4) is 0 Å². The fourth-order valence-corrected chi connectivity index (χ4v) is 2.33. The van der Waals surface area contributed by atoms with Crippen molar-refractivity contribution < 1.29 is 4.79 Å². The van der Waals surface area contributed by atoms with E-state index < -0.39 is 0 Å². The number of nitrogens with one attached hydrogen (secondary N) is 2. The summed E-state index contributed by atoms with van der Waals surface area (Å²) in [7, 11) is 0. The van der Waals surface area contributed by atoms with Crippen molar-refractivity contribution in [1.29, 1.82) is 0 Å². The van der Waals surface area contributed by atoms with E-state index >= 15 is 0 Å². The molecule has 2 N–H and O–H groups in total. The molecule has 0 radical (unpaired) electrons. The number of aromatic nitrogens is 1. The van der Waals surface area contributed by atoms with Gasteiger partial charge in [0.2, 0.25) is 0 Å². The van der Waals surface area contributed by atoms with E-state index in [2.05, 4.69) is 40.4 Å². The number of likely N-dealkylation sites (N-methyl/N-ethyl adjacent to an activating group) is 1.